The lowest BCUT2D eigenvalue weighted by Crippen LogP contribution is -2.14. The quantitative estimate of drug-likeness (QED) is 0.759. The molecule has 0 atom stereocenters. The van der Waals surface area contributed by atoms with Gasteiger partial charge in [-0.05, 0) is 43.3 Å². The van der Waals surface area contributed by atoms with E-state index in [-0.39, 0.29) is 11.4 Å². The summed E-state index contributed by atoms with van der Waals surface area (Å²) in [7, 11) is 0. The Balaban J connectivity index is 1.88. The number of halogens is 2. The molecular formula is C16H12BrFN4O. The monoisotopic (exact) mass is 374 g/mol. The minimum atomic E-state index is -0.430. The Kier molecular flexibility index (Phi) is 4.20. The van der Waals surface area contributed by atoms with Gasteiger partial charge in [0.15, 0.2) is 5.69 Å². The van der Waals surface area contributed by atoms with E-state index < -0.39 is 11.7 Å². The molecule has 0 spiro atoms. The van der Waals surface area contributed by atoms with Gasteiger partial charge in [-0.25, -0.2) is 9.07 Å². The molecule has 1 N–H and O–H groups in total. The summed E-state index contributed by atoms with van der Waals surface area (Å²) in [5.74, 6) is -0.826. The molecule has 0 radical (unpaired) electrons. The average Bonchev–Trinajstić information content (AvgIpc) is 2.92. The molecule has 0 saturated heterocycles. The van der Waals surface area contributed by atoms with Crippen LogP contribution in [0.2, 0.25) is 0 Å². The van der Waals surface area contributed by atoms with Crippen LogP contribution in [0, 0.1) is 12.7 Å². The van der Waals surface area contributed by atoms with Gasteiger partial charge in [0.1, 0.15) is 11.5 Å². The molecule has 0 bridgehead atoms. The van der Waals surface area contributed by atoms with E-state index in [4.69, 9.17) is 0 Å². The van der Waals surface area contributed by atoms with E-state index >= 15 is 0 Å². The minimum absolute atomic E-state index is 0.149. The van der Waals surface area contributed by atoms with Crippen LogP contribution < -0.4 is 5.32 Å². The van der Waals surface area contributed by atoms with E-state index in [9.17, 15) is 9.18 Å². The van der Waals surface area contributed by atoms with Crippen molar-refractivity contribution < 1.29 is 9.18 Å². The normalized spacial score (nSPS) is 10.6. The van der Waals surface area contributed by atoms with Crippen molar-refractivity contribution in [3.05, 3.63) is 70.2 Å². The van der Waals surface area contributed by atoms with Gasteiger partial charge in [-0.2, -0.15) is 0 Å². The van der Waals surface area contributed by atoms with Crippen molar-refractivity contribution in [2.24, 2.45) is 0 Å². The van der Waals surface area contributed by atoms with Gasteiger partial charge < -0.3 is 5.32 Å². The van der Waals surface area contributed by atoms with Gasteiger partial charge in [0.2, 0.25) is 0 Å². The van der Waals surface area contributed by atoms with Crippen molar-refractivity contribution in [3.8, 4) is 5.69 Å². The number of carbonyl (C=O) groups excluding carboxylic acids is 1. The lowest BCUT2D eigenvalue weighted by atomic mass is 10.2. The zero-order valence-electron chi connectivity index (χ0n) is 12.1. The number of anilines is 1. The second-order valence-corrected chi connectivity index (χ2v) is 5.76. The molecule has 5 nitrogen and oxygen atoms in total. The molecule has 3 rings (SSSR count). The highest BCUT2D eigenvalue weighted by atomic mass is 79.9. The number of para-hydroxylation sites is 1. The summed E-state index contributed by atoms with van der Waals surface area (Å²) in [4.78, 5) is 12.3. The predicted octanol–water partition coefficient (Wildman–Crippen LogP) is 3.73. The zero-order valence-corrected chi connectivity index (χ0v) is 13.7. The first-order valence-electron chi connectivity index (χ1n) is 6.80. The third kappa shape index (κ3) is 3.14. The van der Waals surface area contributed by atoms with Crippen molar-refractivity contribution in [3.63, 3.8) is 0 Å². The van der Waals surface area contributed by atoms with Gasteiger partial charge in [-0.15, -0.1) is 5.10 Å². The fourth-order valence-corrected chi connectivity index (χ4v) is 2.38. The van der Waals surface area contributed by atoms with Crippen LogP contribution in [0.4, 0.5) is 10.1 Å². The molecule has 2 aromatic carbocycles. The Morgan fingerprint density at radius 2 is 1.87 bits per heavy atom. The lowest BCUT2D eigenvalue weighted by molar-refractivity contribution is 0.102. The van der Waals surface area contributed by atoms with Gasteiger partial charge in [0, 0.05) is 10.2 Å². The maximum Gasteiger partial charge on any atom is 0.278 e. The van der Waals surface area contributed by atoms with E-state index in [1.807, 2.05) is 12.1 Å². The average molecular weight is 375 g/mol. The van der Waals surface area contributed by atoms with E-state index in [1.54, 1.807) is 37.3 Å². The molecule has 23 heavy (non-hydrogen) atoms. The Labute approximate surface area is 140 Å². The van der Waals surface area contributed by atoms with E-state index in [0.717, 1.165) is 4.47 Å². The van der Waals surface area contributed by atoms with Gasteiger partial charge in [0.05, 0.1) is 5.69 Å². The predicted molar refractivity (Wildman–Crippen MR) is 88.1 cm³/mol. The Bertz CT molecular complexity index is 861. The van der Waals surface area contributed by atoms with Crippen LogP contribution in [0.5, 0.6) is 0 Å². The third-order valence-electron chi connectivity index (χ3n) is 3.29. The highest BCUT2D eigenvalue weighted by Crippen LogP contribution is 2.18. The van der Waals surface area contributed by atoms with Gasteiger partial charge in [0.25, 0.3) is 5.91 Å². The third-order valence-corrected chi connectivity index (χ3v) is 3.82. The number of hydrogen-bond donors (Lipinski definition) is 1. The number of rotatable bonds is 3. The summed E-state index contributed by atoms with van der Waals surface area (Å²) in [6.45, 7) is 1.67. The number of amides is 1. The van der Waals surface area contributed by atoms with E-state index in [1.165, 1.54) is 10.7 Å². The second-order valence-electron chi connectivity index (χ2n) is 4.85. The van der Waals surface area contributed by atoms with Crippen LogP contribution in [0.3, 0.4) is 0 Å². The highest BCUT2D eigenvalue weighted by molar-refractivity contribution is 9.10. The van der Waals surface area contributed by atoms with Crippen molar-refractivity contribution >= 4 is 27.5 Å². The van der Waals surface area contributed by atoms with Crippen LogP contribution in [-0.4, -0.2) is 20.9 Å². The summed E-state index contributed by atoms with van der Waals surface area (Å²) in [6.07, 6.45) is 0. The largest absolute Gasteiger partial charge is 0.321 e. The SMILES string of the molecule is Cc1c(C(=O)Nc2ccc(Br)cc2)nnn1-c1ccccc1F. The van der Waals surface area contributed by atoms with Crippen molar-refractivity contribution in [2.75, 3.05) is 5.32 Å². The summed E-state index contributed by atoms with van der Waals surface area (Å²) in [5, 5.41) is 10.5. The second kappa shape index (κ2) is 6.29. The molecule has 0 aliphatic heterocycles. The topological polar surface area (TPSA) is 59.8 Å². The van der Waals surface area contributed by atoms with Crippen LogP contribution in [0.25, 0.3) is 5.69 Å². The first-order chi connectivity index (χ1) is 11.1. The molecule has 7 heteroatoms. The fourth-order valence-electron chi connectivity index (χ4n) is 2.11. The number of nitrogens with zero attached hydrogens (tertiary/aromatic N) is 3. The standard InChI is InChI=1S/C16H12BrFN4O/c1-10-15(16(23)19-12-8-6-11(17)7-9-12)20-21-22(10)14-5-3-2-4-13(14)18/h2-9H,1H3,(H,19,23). The number of hydrogen-bond acceptors (Lipinski definition) is 3. The molecule has 1 amide bonds. The van der Waals surface area contributed by atoms with Gasteiger partial charge in [-0.1, -0.05) is 33.3 Å². The molecule has 0 aliphatic rings. The maximum absolute atomic E-state index is 13.9. The number of nitrogens with one attached hydrogen (secondary N) is 1. The first kappa shape index (κ1) is 15.4. The molecule has 3 aromatic rings. The molecule has 0 fully saturated rings. The molecule has 0 unspecified atom stereocenters. The number of aromatic nitrogens is 3. The summed E-state index contributed by atoms with van der Waals surface area (Å²) in [6, 6.07) is 13.4. The minimum Gasteiger partial charge on any atom is -0.321 e. The van der Waals surface area contributed by atoms with Gasteiger partial charge in [-0.3, -0.25) is 4.79 Å². The Morgan fingerprint density at radius 3 is 2.57 bits per heavy atom. The van der Waals surface area contributed by atoms with Crippen LogP contribution in [-0.2, 0) is 0 Å². The maximum atomic E-state index is 13.9. The molecule has 0 aliphatic carbocycles. The van der Waals surface area contributed by atoms with Crippen LogP contribution in [0.15, 0.2) is 53.0 Å². The fraction of sp³-hybridized carbons (Fsp3) is 0.0625. The highest BCUT2D eigenvalue weighted by Gasteiger charge is 2.18. The molecule has 0 saturated carbocycles. The summed E-state index contributed by atoms with van der Waals surface area (Å²) < 4.78 is 16.1. The van der Waals surface area contributed by atoms with Gasteiger partial charge >= 0.3 is 0 Å². The van der Waals surface area contributed by atoms with Crippen molar-refractivity contribution in [1.82, 2.24) is 15.0 Å². The van der Waals surface area contributed by atoms with Crippen LogP contribution in [0.1, 0.15) is 16.2 Å². The summed E-state index contributed by atoms with van der Waals surface area (Å²) in [5.41, 5.74) is 1.50. The zero-order chi connectivity index (χ0) is 16.4. The Hall–Kier alpha value is -2.54. The number of carbonyl (C=O) groups is 1. The smallest absolute Gasteiger partial charge is 0.278 e. The Morgan fingerprint density at radius 1 is 1.17 bits per heavy atom. The molecule has 116 valence electrons. The molecule has 1 aromatic heterocycles. The van der Waals surface area contributed by atoms with Crippen molar-refractivity contribution in [1.29, 1.82) is 0 Å². The first-order valence-corrected chi connectivity index (χ1v) is 7.59. The van der Waals surface area contributed by atoms with E-state index in [2.05, 4.69) is 31.6 Å². The molecular weight excluding hydrogens is 363 g/mol. The lowest BCUT2D eigenvalue weighted by Gasteiger charge is -2.06. The van der Waals surface area contributed by atoms with Crippen LogP contribution >= 0.6 is 15.9 Å². The number of benzene rings is 2. The molecule has 1 heterocycles. The summed E-state index contributed by atoms with van der Waals surface area (Å²) >= 11 is 3.33. The van der Waals surface area contributed by atoms with Crippen molar-refractivity contribution in [2.45, 2.75) is 6.92 Å². The van der Waals surface area contributed by atoms with E-state index in [0.29, 0.717) is 11.4 Å².